The van der Waals surface area contributed by atoms with Crippen LogP contribution in [-0.2, 0) is 9.59 Å². The lowest BCUT2D eigenvalue weighted by atomic mass is 10.1. The lowest BCUT2D eigenvalue weighted by Crippen LogP contribution is -2.73. The first kappa shape index (κ1) is 12.6. The fraction of sp³-hybridized carbons (Fsp3) is 0.286. The second-order valence-electron chi connectivity index (χ2n) is 3.35. The Morgan fingerprint density at radius 3 is 1.71 bits per heavy atom. The number of nitrogens with one attached hydrogen (secondary N) is 2. The van der Waals surface area contributed by atoms with Crippen molar-refractivity contribution in [1.82, 2.24) is 10.6 Å². The Hall–Kier alpha value is -2.49. The summed E-state index contributed by atoms with van der Waals surface area (Å²) in [5.41, 5.74) is 0. The molecule has 1 rings (SSSR count). The number of urea groups is 1. The van der Waals surface area contributed by atoms with Gasteiger partial charge in [0.05, 0.1) is 7.05 Å². The van der Waals surface area contributed by atoms with E-state index in [2.05, 4.69) is 0 Å². The lowest BCUT2D eigenvalue weighted by Gasteiger charge is -2.30. The summed E-state index contributed by atoms with van der Waals surface area (Å²) in [5.74, 6) is -2.57. The van der Waals surface area contributed by atoms with Crippen LogP contribution in [0.2, 0.25) is 0 Å². The number of hydrogen-bond donors (Lipinski definition) is 4. The van der Waals surface area contributed by atoms with E-state index in [-0.39, 0.29) is 0 Å². The number of nitrogens with zero attached hydrogens (tertiary/aromatic N) is 1. The van der Waals surface area contributed by atoms with Gasteiger partial charge in [-0.3, -0.25) is 20.2 Å². The van der Waals surface area contributed by atoms with Gasteiger partial charge >= 0.3 is 18.2 Å². The van der Waals surface area contributed by atoms with Gasteiger partial charge in [-0.25, -0.2) is 4.79 Å². The first-order valence-corrected chi connectivity index (χ1v) is 4.20. The third-order valence-electron chi connectivity index (χ3n) is 2.28. The van der Waals surface area contributed by atoms with Crippen molar-refractivity contribution in [2.45, 2.75) is 6.04 Å². The second-order valence-corrected chi connectivity index (χ2v) is 3.35. The number of likely N-dealkylation sites (N-methyl/N-ethyl adjacent to an activating group) is 1. The molecule has 4 N–H and O–H groups in total. The Labute approximate surface area is 93.4 Å². The van der Waals surface area contributed by atoms with Gasteiger partial charge in [0, 0.05) is 0 Å². The monoisotopic (exact) mass is 246 g/mol. The molecule has 1 fully saturated rings. The average molecular weight is 246 g/mol. The minimum atomic E-state index is -2.08. The molecule has 0 bridgehead atoms. The molecule has 0 unspecified atom stereocenters. The molecule has 10 nitrogen and oxygen atoms in total. The SMILES string of the molecule is C[N+](C(=O)O)(C(=O)O)C1C(=O)NC(=O)NC1=O. The smallest absolute Gasteiger partial charge is 0.435 e. The quantitative estimate of drug-likeness (QED) is 0.325. The highest BCUT2D eigenvalue weighted by molar-refractivity contribution is 6.19. The molecule has 0 spiro atoms. The Balaban J connectivity index is 3.24. The molecule has 0 radical (unpaired) electrons. The fourth-order valence-corrected chi connectivity index (χ4v) is 1.28. The normalized spacial score (nSPS) is 17.4. The number of rotatable bonds is 1. The fourth-order valence-electron chi connectivity index (χ4n) is 1.28. The molecule has 6 amide bonds. The maximum atomic E-state index is 11.3. The highest BCUT2D eigenvalue weighted by atomic mass is 16.4. The standard InChI is InChI=1S/C7H7N3O7/c1-10(6(14)15,7(16)17)2-3(11)8-5(13)9-4(2)12/h2H,1H3,(H3-,8,9,11,12,13,14,15,16,17)/p+1. The molecule has 0 aromatic rings. The second kappa shape index (κ2) is 3.83. The van der Waals surface area contributed by atoms with Crippen LogP contribution in [0.25, 0.3) is 0 Å². The predicted molar refractivity (Wildman–Crippen MR) is 47.7 cm³/mol. The van der Waals surface area contributed by atoms with Crippen molar-refractivity contribution in [3.63, 3.8) is 0 Å². The number of carbonyl (C=O) groups is 5. The van der Waals surface area contributed by atoms with Crippen molar-refractivity contribution in [2.75, 3.05) is 7.05 Å². The van der Waals surface area contributed by atoms with Gasteiger partial charge in [0.25, 0.3) is 17.9 Å². The molecular weight excluding hydrogens is 238 g/mol. The first-order valence-electron chi connectivity index (χ1n) is 4.20. The molecule has 0 aromatic heterocycles. The van der Waals surface area contributed by atoms with E-state index in [4.69, 9.17) is 10.2 Å². The number of hydrogen-bond acceptors (Lipinski definition) is 5. The van der Waals surface area contributed by atoms with Crippen molar-refractivity contribution < 1.29 is 38.7 Å². The van der Waals surface area contributed by atoms with Crippen molar-refractivity contribution in [1.29, 1.82) is 0 Å². The van der Waals surface area contributed by atoms with Gasteiger partial charge < -0.3 is 10.2 Å². The Kier molecular flexibility index (Phi) is 2.83. The summed E-state index contributed by atoms with van der Waals surface area (Å²) in [6.07, 6.45) is -3.83. The molecule has 1 aliphatic rings. The molecule has 92 valence electrons. The van der Waals surface area contributed by atoms with E-state index in [1.807, 2.05) is 0 Å². The summed E-state index contributed by atoms with van der Waals surface area (Å²) in [6.45, 7) is 0. The molecule has 1 saturated heterocycles. The third kappa shape index (κ3) is 1.80. The lowest BCUT2D eigenvalue weighted by molar-refractivity contribution is -0.771. The largest absolute Gasteiger partial charge is 0.525 e. The highest BCUT2D eigenvalue weighted by Crippen LogP contribution is 2.15. The Morgan fingerprint density at radius 1 is 1.06 bits per heavy atom. The van der Waals surface area contributed by atoms with E-state index in [9.17, 15) is 24.0 Å². The number of quaternary nitrogens is 1. The number of imide groups is 3. The molecule has 10 heteroatoms. The van der Waals surface area contributed by atoms with Gasteiger partial charge in [-0.2, -0.15) is 9.59 Å². The van der Waals surface area contributed by atoms with E-state index in [0.29, 0.717) is 7.05 Å². The molecule has 17 heavy (non-hydrogen) atoms. The number of carbonyl (C=O) groups excluding carboxylic acids is 3. The van der Waals surface area contributed by atoms with Gasteiger partial charge in [-0.05, 0) is 0 Å². The molecule has 0 saturated carbocycles. The number of carboxylic acid groups (broad SMARTS) is 2. The van der Waals surface area contributed by atoms with Gasteiger partial charge in [-0.1, -0.05) is 0 Å². The van der Waals surface area contributed by atoms with Gasteiger partial charge in [0.1, 0.15) is 0 Å². The van der Waals surface area contributed by atoms with E-state index in [1.165, 1.54) is 0 Å². The van der Waals surface area contributed by atoms with Crippen LogP contribution in [0.1, 0.15) is 0 Å². The van der Waals surface area contributed by atoms with Gasteiger partial charge in [0.15, 0.2) is 0 Å². The highest BCUT2D eigenvalue weighted by Gasteiger charge is 2.58. The van der Waals surface area contributed by atoms with Crippen molar-refractivity contribution in [2.24, 2.45) is 0 Å². The third-order valence-corrected chi connectivity index (χ3v) is 2.28. The summed E-state index contributed by atoms with van der Waals surface area (Å²) >= 11 is 0. The van der Waals surface area contributed by atoms with Crippen LogP contribution >= 0.6 is 0 Å². The van der Waals surface area contributed by atoms with Crippen LogP contribution in [0.3, 0.4) is 0 Å². The van der Waals surface area contributed by atoms with Crippen molar-refractivity contribution in [3.05, 3.63) is 0 Å². The summed E-state index contributed by atoms with van der Waals surface area (Å²) in [6, 6.07) is -3.21. The van der Waals surface area contributed by atoms with Crippen molar-refractivity contribution in [3.8, 4) is 0 Å². The van der Waals surface area contributed by atoms with Crippen molar-refractivity contribution >= 4 is 30.0 Å². The van der Waals surface area contributed by atoms with E-state index < -0.39 is 40.6 Å². The number of barbiturate groups is 1. The topological polar surface area (TPSA) is 150 Å². The van der Waals surface area contributed by atoms with Gasteiger partial charge in [0.2, 0.25) is 0 Å². The number of amides is 6. The summed E-state index contributed by atoms with van der Waals surface area (Å²) in [5, 5.41) is 20.9. The Bertz CT molecular complexity index is 409. The molecule has 1 heterocycles. The summed E-state index contributed by atoms with van der Waals surface area (Å²) in [4.78, 5) is 55.2. The Morgan fingerprint density at radius 2 is 1.41 bits per heavy atom. The molecule has 0 aromatic carbocycles. The van der Waals surface area contributed by atoms with E-state index >= 15 is 0 Å². The summed E-state index contributed by atoms with van der Waals surface area (Å²) < 4.78 is -1.90. The molecule has 0 atom stereocenters. The van der Waals surface area contributed by atoms with Crippen LogP contribution < -0.4 is 10.6 Å². The maximum Gasteiger partial charge on any atom is 0.525 e. The average Bonchev–Trinajstić information content (AvgIpc) is 2.14. The molecular formula is C7H8N3O7+. The predicted octanol–water partition coefficient (Wildman–Crippen LogP) is -1.48. The van der Waals surface area contributed by atoms with Crippen LogP contribution in [0, 0.1) is 0 Å². The van der Waals surface area contributed by atoms with E-state index in [1.54, 1.807) is 10.6 Å². The summed E-state index contributed by atoms with van der Waals surface area (Å²) in [7, 11) is 0.657. The zero-order chi connectivity index (χ0) is 13.4. The zero-order valence-electron chi connectivity index (χ0n) is 8.46. The van der Waals surface area contributed by atoms with E-state index in [0.717, 1.165) is 0 Å². The van der Waals surface area contributed by atoms with Crippen LogP contribution in [-0.4, -0.2) is 57.8 Å². The van der Waals surface area contributed by atoms with Crippen LogP contribution in [0.5, 0.6) is 0 Å². The molecule has 1 aliphatic heterocycles. The molecule has 0 aliphatic carbocycles. The van der Waals surface area contributed by atoms with Crippen LogP contribution in [0.4, 0.5) is 14.4 Å². The van der Waals surface area contributed by atoms with Crippen LogP contribution in [0.15, 0.2) is 0 Å². The maximum absolute atomic E-state index is 11.3. The first-order chi connectivity index (χ1) is 7.71. The minimum Gasteiger partial charge on any atom is -0.435 e. The minimum absolute atomic E-state index is 0.657. The zero-order valence-corrected chi connectivity index (χ0v) is 8.46. The van der Waals surface area contributed by atoms with Gasteiger partial charge in [-0.15, -0.1) is 4.48 Å².